The number of amides is 2. The summed E-state index contributed by atoms with van der Waals surface area (Å²) in [5, 5.41) is 3.11. The first-order valence-corrected chi connectivity index (χ1v) is 5.46. The normalized spacial score (nSPS) is 15.2. The molecule has 0 saturated carbocycles. The number of carbonyl (C=O) groups is 2. The molecule has 2 heterocycles. The lowest BCUT2D eigenvalue weighted by molar-refractivity contribution is 0.0994. The number of nitrogens with two attached hydrogens (primary N) is 1. The molecule has 18 heavy (non-hydrogen) atoms. The molecule has 0 atom stereocenters. The number of primary amides is 1. The van der Waals surface area contributed by atoms with E-state index in [-0.39, 0.29) is 11.4 Å². The molecule has 1 saturated heterocycles. The van der Waals surface area contributed by atoms with E-state index in [2.05, 4.69) is 15.3 Å². The Morgan fingerprint density at radius 1 is 1.39 bits per heavy atom. The lowest BCUT2D eigenvalue weighted by Gasteiger charge is -2.26. The van der Waals surface area contributed by atoms with Crippen LogP contribution in [0.5, 0.6) is 5.88 Å². The SMILES string of the molecule is NC(=O)c1cncnc1OC(=O)N1CCNCC1. The maximum absolute atomic E-state index is 11.8. The molecule has 1 aliphatic rings. The first kappa shape index (κ1) is 12.2. The van der Waals surface area contributed by atoms with Gasteiger partial charge in [0.05, 0.1) is 0 Å². The summed E-state index contributed by atoms with van der Waals surface area (Å²) < 4.78 is 5.05. The van der Waals surface area contributed by atoms with Crippen molar-refractivity contribution in [3.63, 3.8) is 0 Å². The molecular formula is C10H13N5O3. The largest absolute Gasteiger partial charge is 0.416 e. The zero-order chi connectivity index (χ0) is 13.0. The number of ether oxygens (including phenoxy) is 1. The number of carbonyl (C=O) groups excluding carboxylic acids is 2. The van der Waals surface area contributed by atoms with Gasteiger partial charge in [-0.1, -0.05) is 0 Å². The van der Waals surface area contributed by atoms with E-state index in [1.807, 2.05) is 0 Å². The van der Waals surface area contributed by atoms with Crippen molar-refractivity contribution in [3.05, 3.63) is 18.1 Å². The molecule has 1 fully saturated rings. The third-order valence-electron chi connectivity index (χ3n) is 2.50. The summed E-state index contributed by atoms with van der Waals surface area (Å²) in [6.07, 6.45) is 1.86. The van der Waals surface area contributed by atoms with Crippen LogP contribution in [-0.2, 0) is 0 Å². The highest BCUT2D eigenvalue weighted by atomic mass is 16.6. The van der Waals surface area contributed by atoms with E-state index >= 15 is 0 Å². The maximum atomic E-state index is 11.8. The van der Waals surface area contributed by atoms with Crippen LogP contribution in [0.3, 0.4) is 0 Å². The molecule has 8 nitrogen and oxygen atoms in total. The van der Waals surface area contributed by atoms with Crippen molar-refractivity contribution in [2.24, 2.45) is 5.73 Å². The molecule has 1 aromatic rings. The second-order valence-electron chi connectivity index (χ2n) is 3.71. The summed E-state index contributed by atoms with van der Waals surface area (Å²) >= 11 is 0. The highest BCUT2D eigenvalue weighted by molar-refractivity contribution is 5.95. The van der Waals surface area contributed by atoms with Crippen molar-refractivity contribution in [2.45, 2.75) is 0 Å². The summed E-state index contributed by atoms with van der Waals surface area (Å²) in [5.74, 6) is -0.847. The van der Waals surface area contributed by atoms with Crippen LogP contribution < -0.4 is 15.8 Å². The lowest BCUT2D eigenvalue weighted by Crippen LogP contribution is -2.47. The predicted molar refractivity (Wildman–Crippen MR) is 61.0 cm³/mol. The van der Waals surface area contributed by atoms with Crippen LogP contribution in [0.1, 0.15) is 10.4 Å². The molecule has 0 aromatic carbocycles. The second-order valence-corrected chi connectivity index (χ2v) is 3.71. The smallest absolute Gasteiger partial charge is 0.390 e. The third kappa shape index (κ3) is 2.72. The second kappa shape index (κ2) is 5.41. The van der Waals surface area contributed by atoms with Crippen molar-refractivity contribution < 1.29 is 14.3 Å². The quantitative estimate of drug-likeness (QED) is 0.696. The van der Waals surface area contributed by atoms with Crippen molar-refractivity contribution in [3.8, 4) is 5.88 Å². The van der Waals surface area contributed by atoms with Gasteiger partial charge in [-0.2, -0.15) is 0 Å². The molecule has 3 N–H and O–H groups in total. The van der Waals surface area contributed by atoms with E-state index in [4.69, 9.17) is 10.5 Å². The average Bonchev–Trinajstić information content (AvgIpc) is 2.40. The Hall–Kier alpha value is -2.22. The Morgan fingerprint density at radius 2 is 2.11 bits per heavy atom. The van der Waals surface area contributed by atoms with Crippen molar-refractivity contribution in [1.82, 2.24) is 20.2 Å². The first-order chi connectivity index (χ1) is 8.68. The Bertz CT molecular complexity index is 459. The van der Waals surface area contributed by atoms with Gasteiger partial charge in [0.25, 0.3) is 5.91 Å². The molecule has 0 unspecified atom stereocenters. The van der Waals surface area contributed by atoms with E-state index in [1.54, 1.807) is 0 Å². The molecule has 2 amide bonds. The van der Waals surface area contributed by atoms with Gasteiger partial charge >= 0.3 is 6.09 Å². The van der Waals surface area contributed by atoms with Crippen molar-refractivity contribution in [2.75, 3.05) is 26.2 Å². The molecule has 96 valence electrons. The molecule has 2 rings (SSSR count). The monoisotopic (exact) mass is 251 g/mol. The van der Waals surface area contributed by atoms with Crippen LogP contribution in [-0.4, -0.2) is 53.0 Å². The number of nitrogens with zero attached hydrogens (tertiary/aromatic N) is 3. The van der Waals surface area contributed by atoms with E-state index in [0.717, 1.165) is 0 Å². The van der Waals surface area contributed by atoms with Crippen LogP contribution in [0.15, 0.2) is 12.5 Å². The van der Waals surface area contributed by atoms with Crippen LogP contribution >= 0.6 is 0 Å². The van der Waals surface area contributed by atoms with Gasteiger partial charge in [-0.15, -0.1) is 0 Å². The van der Waals surface area contributed by atoms with Gasteiger partial charge in [-0.25, -0.2) is 14.8 Å². The minimum atomic E-state index is -0.737. The van der Waals surface area contributed by atoms with Crippen LogP contribution in [0.2, 0.25) is 0 Å². The third-order valence-corrected chi connectivity index (χ3v) is 2.50. The number of nitrogens with one attached hydrogen (secondary N) is 1. The van der Waals surface area contributed by atoms with Crippen molar-refractivity contribution >= 4 is 12.0 Å². The zero-order valence-electron chi connectivity index (χ0n) is 9.63. The minimum absolute atomic E-state index is 0.0130. The molecule has 8 heteroatoms. The topological polar surface area (TPSA) is 110 Å². The Balaban J connectivity index is 2.08. The summed E-state index contributed by atoms with van der Waals surface area (Å²) in [7, 11) is 0. The van der Waals surface area contributed by atoms with Gasteiger partial charge in [0.2, 0.25) is 5.88 Å². The molecule has 0 radical (unpaired) electrons. The summed E-state index contributed by atoms with van der Waals surface area (Å²) in [4.78, 5) is 31.8. The first-order valence-electron chi connectivity index (χ1n) is 5.46. The number of piperazine rings is 1. The predicted octanol–water partition coefficient (Wildman–Crippen LogP) is -1.02. The molecular weight excluding hydrogens is 238 g/mol. The highest BCUT2D eigenvalue weighted by Crippen LogP contribution is 2.13. The number of rotatable bonds is 2. The Morgan fingerprint density at radius 3 is 2.78 bits per heavy atom. The molecule has 0 aliphatic carbocycles. The maximum Gasteiger partial charge on any atom is 0.416 e. The number of hydrogen-bond acceptors (Lipinski definition) is 6. The van der Waals surface area contributed by atoms with Gasteiger partial charge < -0.3 is 20.7 Å². The van der Waals surface area contributed by atoms with Crippen LogP contribution in [0, 0.1) is 0 Å². The van der Waals surface area contributed by atoms with E-state index in [1.165, 1.54) is 17.4 Å². The van der Waals surface area contributed by atoms with Crippen molar-refractivity contribution in [1.29, 1.82) is 0 Å². The van der Waals surface area contributed by atoms with Crippen LogP contribution in [0.4, 0.5) is 4.79 Å². The van der Waals surface area contributed by atoms with Gasteiger partial charge in [0, 0.05) is 32.4 Å². The van der Waals surface area contributed by atoms with Gasteiger partial charge in [0.1, 0.15) is 11.9 Å². The van der Waals surface area contributed by atoms with Gasteiger partial charge in [-0.3, -0.25) is 4.79 Å². The summed E-state index contributed by atoms with van der Waals surface area (Å²) in [6, 6.07) is 0. The van der Waals surface area contributed by atoms with Crippen LogP contribution in [0.25, 0.3) is 0 Å². The fourth-order valence-electron chi connectivity index (χ4n) is 1.56. The summed E-state index contributed by atoms with van der Waals surface area (Å²) in [6.45, 7) is 2.52. The van der Waals surface area contributed by atoms with Gasteiger partial charge in [-0.05, 0) is 0 Å². The average molecular weight is 251 g/mol. The minimum Gasteiger partial charge on any atom is -0.390 e. The van der Waals surface area contributed by atoms with E-state index in [9.17, 15) is 9.59 Å². The molecule has 1 aliphatic heterocycles. The molecule has 0 bridgehead atoms. The van der Waals surface area contributed by atoms with E-state index < -0.39 is 12.0 Å². The zero-order valence-corrected chi connectivity index (χ0v) is 9.63. The highest BCUT2D eigenvalue weighted by Gasteiger charge is 2.21. The lowest BCUT2D eigenvalue weighted by atomic mass is 10.3. The molecule has 1 aromatic heterocycles. The number of aromatic nitrogens is 2. The standard InChI is InChI=1S/C10H13N5O3/c11-8(16)7-5-13-6-14-9(7)18-10(17)15-3-1-12-2-4-15/h5-6,12H,1-4H2,(H2,11,16). The fourth-order valence-corrected chi connectivity index (χ4v) is 1.56. The summed E-state index contributed by atoms with van der Waals surface area (Å²) in [5.41, 5.74) is 5.12. The van der Waals surface area contributed by atoms with Gasteiger partial charge in [0.15, 0.2) is 0 Å². The Kier molecular flexibility index (Phi) is 3.68. The fraction of sp³-hybridized carbons (Fsp3) is 0.400. The number of hydrogen-bond donors (Lipinski definition) is 2. The van der Waals surface area contributed by atoms with E-state index in [0.29, 0.717) is 26.2 Å². The Labute approximate surface area is 103 Å². The molecule has 0 spiro atoms.